The fraction of sp³-hybridized carbons (Fsp3) is 0.600. The molecule has 20 nitrogen and oxygen atoms in total. The molecule has 20 heteroatoms. The van der Waals surface area contributed by atoms with Crippen LogP contribution in [0.1, 0.15) is 65.9 Å². The molecule has 0 radical (unpaired) electrons. The Morgan fingerprint density at radius 2 is 1.67 bits per heavy atom. The van der Waals surface area contributed by atoms with Gasteiger partial charge >= 0.3 is 11.9 Å². The van der Waals surface area contributed by atoms with Crippen molar-refractivity contribution in [2.75, 3.05) is 38.6 Å². The summed E-state index contributed by atoms with van der Waals surface area (Å²) < 4.78 is 17.7. The number of esters is 2. The molecule has 1 aromatic rings. The lowest BCUT2D eigenvalue weighted by molar-refractivity contribution is -0.185. The smallest absolute Gasteiger partial charge is 0.342 e. The molecule has 2 saturated carbocycles. The van der Waals surface area contributed by atoms with Gasteiger partial charge in [0.15, 0.2) is 0 Å². The number of nitrogens with zero attached hydrogens (tertiary/aromatic N) is 6. The number of anilines is 1. The van der Waals surface area contributed by atoms with Gasteiger partial charge in [-0.3, -0.25) is 25.5 Å². The van der Waals surface area contributed by atoms with Gasteiger partial charge in [0.05, 0.1) is 56.7 Å². The SMILES string of the molecule is CCOC(=O)/C(=C1/C=C(C(CC2C3(CO3)C(NC(C)C(=O)NC3=NCC=N3)CC3[C@]2(C)CC[C@@H](O)[C@@]3(C)CO)NC(C)C(=O)NC2=NCC=N2)C(=O)O1)c1cnc(N)nc1. The number of ether oxygens (including phenoxy) is 3. The van der Waals surface area contributed by atoms with E-state index in [2.05, 4.69) is 58.1 Å². The zero-order chi connectivity index (χ0) is 43.0. The van der Waals surface area contributed by atoms with E-state index in [1.54, 1.807) is 33.2 Å². The molecule has 4 aliphatic heterocycles. The van der Waals surface area contributed by atoms with Crippen molar-refractivity contribution in [3.05, 3.63) is 35.4 Å². The molecule has 1 aromatic heterocycles. The first-order valence-corrected chi connectivity index (χ1v) is 20.3. The molecule has 0 bridgehead atoms. The average molecular weight is 832 g/mol. The van der Waals surface area contributed by atoms with Crippen molar-refractivity contribution in [2.24, 2.45) is 42.6 Å². The molecular formula is C40H53N11O9. The van der Waals surface area contributed by atoms with E-state index in [0.717, 1.165) is 0 Å². The number of cyclic esters (lactones) is 1. The Hall–Kier alpha value is -5.28. The Balaban J connectivity index is 1.30. The van der Waals surface area contributed by atoms with Crippen LogP contribution in [0, 0.1) is 22.7 Å². The number of hydrogen-bond donors (Lipinski definition) is 7. The molecule has 1 saturated heterocycles. The van der Waals surface area contributed by atoms with E-state index < -0.39 is 70.5 Å². The standard InChI is InChI=1S/C40H53N11O9/c1-6-58-34(57)30(22-16-46-35(41)47-17-22)25-13-23(33(56)60-25)24(48-20(2)31(54)50-36-42-9-10-43-36)14-27-38(4)8-7-29(53)39(5,18-52)26(38)15-28(40(27)19-59-40)49-21(3)32(55)51-37-44-11-12-45-37/h9,11,13,16-17,20-21,24,26-29,48-49,52-53H,6-8,10,12,14-15,18-19H2,1-5H3,(H2,41,46,47)(H,43,50,54)(H,45,51,55)/b30-25-/t20?,21?,24?,26?,27?,28?,29-,38+,39+,40?/m1/s1. The van der Waals surface area contributed by atoms with E-state index in [9.17, 15) is 29.4 Å². The summed E-state index contributed by atoms with van der Waals surface area (Å²) in [5, 5.41) is 34.8. The van der Waals surface area contributed by atoms with Gasteiger partial charge in [-0.15, -0.1) is 0 Å². The minimum atomic E-state index is -0.934. The molecule has 322 valence electrons. The topological polar surface area (TPSA) is 289 Å². The van der Waals surface area contributed by atoms with Crippen LogP contribution in [0.4, 0.5) is 5.95 Å². The number of carbonyl (C=O) groups is 4. The number of aliphatic imine (C=N–C) groups is 4. The predicted octanol–water partition coefficient (Wildman–Crippen LogP) is -0.422. The van der Waals surface area contributed by atoms with Crippen LogP contribution in [-0.2, 0) is 33.4 Å². The average Bonchev–Trinajstić information content (AvgIpc) is 3.52. The maximum absolute atomic E-state index is 14.1. The largest absolute Gasteiger partial charge is 0.462 e. The molecule has 8 N–H and O–H groups in total. The van der Waals surface area contributed by atoms with Gasteiger partial charge in [0.25, 0.3) is 0 Å². The summed E-state index contributed by atoms with van der Waals surface area (Å²) in [6.45, 7) is 9.80. The number of guanidine groups is 2. The molecule has 6 aliphatic rings. The van der Waals surface area contributed by atoms with Crippen molar-refractivity contribution in [3.8, 4) is 0 Å². The number of rotatable bonds is 13. The fourth-order valence-corrected chi connectivity index (χ4v) is 9.74. The summed E-state index contributed by atoms with van der Waals surface area (Å²) in [7, 11) is 0. The van der Waals surface area contributed by atoms with Gasteiger partial charge in [-0.25, -0.2) is 39.5 Å². The van der Waals surface area contributed by atoms with Crippen molar-refractivity contribution in [1.82, 2.24) is 31.2 Å². The summed E-state index contributed by atoms with van der Waals surface area (Å²) in [4.78, 5) is 79.2. The summed E-state index contributed by atoms with van der Waals surface area (Å²) in [5.74, 6) is -2.79. The molecule has 1 spiro atoms. The highest BCUT2D eigenvalue weighted by atomic mass is 16.6. The van der Waals surface area contributed by atoms with Gasteiger partial charge in [-0.05, 0) is 69.8 Å². The van der Waals surface area contributed by atoms with Crippen molar-refractivity contribution in [3.63, 3.8) is 0 Å². The first-order valence-electron chi connectivity index (χ1n) is 20.3. The number of epoxide rings is 1. The number of nitrogens with one attached hydrogen (secondary N) is 4. The Morgan fingerprint density at radius 3 is 2.23 bits per heavy atom. The number of nitrogens with two attached hydrogens (primary N) is 1. The van der Waals surface area contributed by atoms with Crippen LogP contribution in [0.5, 0.6) is 0 Å². The van der Waals surface area contributed by atoms with Crippen LogP contribution in [0.2, 0.25) is 0 Å². The predicted molar refractivity (Wildman–Crippen MR) is 218 cm³/mol. The van der Waals surface area contributed by atoms with Crippen molar-refractivity contribution < 1.29 is 43.6 Å². The van der Waals surface area contributed by atoms with E-state index in [1.807, 2.05) is 6.92 Å². The molecular weight excluding hydrogens is 779 g/mol. The van der Waals surface area contributed by atoms with E-state index in [0.29, 0.717) is 39.0 Å². The lowest BCUT2D eigenvalue weighted by atomic mass is 9.43. The van der Waals surface area contributed by atoms with Crippen LogP contribution in [-0.4, -0.2) is 137 Å². The maximum Gasteiger partial charge on any atom is 0.342 e. The minimum absolute atomic E-state index is 0.0272. The Bertz CT molecular complexity index is 2080. The van der Waals surface area contributed by atoms with E-state index in [-0.39, 0.29) is 71.8 Å². The highest BCUT2D eigenvalue weighted by molar-refractivity contribution is 6.18. The zero-order valence-corrected chi connectivity index (χ0v) is 34.3. The number of carbonyl (C=O) groups excluding carboxylic acids is 4. The third kappa shape index (κ3) is 8.13. The molecule has 3 fully saturated rings. The first-order chi connectivity index (χ1) is 28.6. The van der Waals surface area contributed by atoms with Gasteiger partial charge in [-0.2, -0.15) is 0 Å². The number of nitrogen functional groups attached to an aromatic ring is 1. The number of aliphatic hydroxyl groups excluding tert-OH is 2. The van der Waals surface area contributed by atoms with Crippen LogP contribution >= 0.6 is 0 Å². The summed E-state index contributed by atoms with van der Waals surface area (Å²) in [6.07, 6.45) is 8.08. The number of allylic oxidation sites excluding steroid dienone is 1. The number of fused-ring (bicyclic) bond motifs is 1. The number of aliphatic hydroxyl groups is 2. The molecule has 2 aliphatic carbocycles. The van der Waals surface area contributed by atoms with Crippen LogP contribution in [0.15, 0.2) is 49.8 Å². The van der Waals surface area contributed by atoms with Crippen LogP contribution in [0.3, 0.4) is 0 Å². The zero-order valence-electron chi connectivity index (χ0n) is 34.3. The van der Waals surface area contributed by atoms with Crippen molar-refractivity contribution in [1.29, 1.82) is 0 Å². The van der Waals surface area contributed by atoms with Gasteiger partial charge < -0.3 is 35.5 Å². The van der Waals surface area contributed by atoms with Crippen LogP contribution in [0.25, 0.3) is 5.57 Å². The second kappa shape index (κ2) is 17.0. The van der Waals surface area contributed by atoms with Gasteiger partial charge in [0.1, 0.15) is 16.9 Å². The number of amides is 2. The second-order valence-corrected chi connectivity index (χ2v) is 16.6. The van der Waals surface area contributed by atoms with E-state index in [4.69, 9.17) is 19.9 Å². The van der Waals surface area contributed by atoms with Crippen molar-refractivity contribution >= 4 is 59.6 Å². The monoisotopic (exact) mass is 831 g/mol. The maximum atomic E-state index is 14.1. The Kier molecular flexibility index (Phi) is 12.1. The first kappa shape index (κ1) is 42.8. The second-order valence-electron chi connectivity index (χ2n) is 16.6. The molecule has 5 heterocycles. The number of hydrogen-bond acceptors (Lipinski definition) is 18. The summed E-state index contributed by atoms with van der Waals surface area (Å²) >= 11 is 0. The van der Waals surface area contributed by atoms with Gasteiger partial charge in [0.2, 0.25) is 29.7 Å². The van der Waals surface area contributed by atoms with Gasteiger partial charge in [0, 0.05) is 47.9 Å². The molecule has 10 atom stereocenters. The molecule has 2 amide bonds. The van der Waals surface area contributed by atoms with Gasteiger partial charge in [-0.1, -0.05) is 13.8 Å². The third-order valence-corrected chi connectivity index (χ3v) is 13.1. The Labute approximate surface area is 346 Å². The summed E-state index contributed by atoms with van der Waals surface area (Å²) in [5.41, 5.74) is 3.57. The Morgan fingerprint density at radius 1 is 1.03 bits per heavy atom. The van der Waals surface area contributed by atoms with E-state index in [1.165, 1.54) is 18.5 Å². The lowest BCUT2D eigenvalue weighted by Gasteiger charge is -2.63. The normalized spacial score (nSPS) is 32.6. The molecule has 0 aromatic carbocycles. The summed E-state index contributed by atoms with van der Waals surface area (Å²) in [6, 6.07) is -2.99. The molecule has 7 unspecified atom stereocenters. The molecule has 7 rings (SSSR count). The lowest BCUT2D eigenvalue weighted by Crippen LogP contribution is -2.68. The minimum Gasteiger partial charge on any atom is -0.462 e. The molecule has 60 heavy (non-hydrogen) atoms. The van der Waals surface area contributed by atoms with Crippen LogP contribution < -0.4 is 27.0 Å². The highest BCUT2D eigenvalue weighted by Crippen LogP contribution is 2.66. The fourth-order valence-electron chi connectivity index (χ4n) is 9.74. The van der Waals surface area contributed by atoms with Crippen molar-refractivity contribution in [2.45, 2.75) is 96.2 Å². The third-order valence-electron chi connectivity index (χ3n) is 13.1. The van der Waals surface area contributed by atoms with E-state index >= 15 is 0 Å². The number of aromatic nitrogens is 2. The quantitative estimate of drug-likeness (QED) is 0.0755. The highest BCUT2D eigenvalue weighted by Gasteiger charge is 2.71.